The van der Waals surface area contributed by atoms with Gasteiger partial charge in [-0.1, -0.05) is 0 Å². The van der Waals surface area contributed by atoms with Crippen molar-refractivity contribution in [1.29, 1.82) is 0 Å². The first-order valence-electron chi connectivity index (χ1n) is 8.06. The highest BCUT2D eigenvalue weighted by atomic mass is 16.7. The number of rotatable bonds is 8. The maximum atomic E-state index is 11.9. The Bertz CT molecular complexity index is 582. The summed E-state index contributed by atoms with van der Waals surface area (Å²) in [5, 5.41) is 3.98. The number of nitrogens with zero attached hydrogens (tertiary/aromatic N) is 1. The third-order valence-corrected chi connectivity index (χ3v) is 3.37. The van der Waals surface area contributed by atoms with Crippen LogP contribution in [0.2, 0.25) is 0 Å². The molecule has 0 saturated carbocycles. The molecule has 0 radical (unpaired) electrons. The van der Waals surface area contributed by atoms with E-state index in [1.165, 1.54) is 6.21 Å². The van der Waals surface area contributed by atoms with E-state index in [0.717, 1.165) is 11.3 Å². The average molecular weight is 336 g/mol. The highest BCUT2D eigenvalue weighted by Crippen LogP contribution is 2.24. The Morgan fingerprint density at radius 2 is 2.00 bits per heavy atom. The van der Waals surface area contributed by atoms with Crippen molar-refractivity contribution in [1.82, 2.24) is 5.43 Å². The molecule has 1 fully saturated rings. The number of hydrogen-bond acceptors (Lipinski definition) is 6. The highest BCUT2D eigenvalue weighted by Gasteiger charge is 2.33. The number of hydrogen-bond donors (Lipinski definition) is 1. The fraction of sp³-hybridized carbons (Fsp3) is 0.529. The molecule has 1 N–H and O–H groups in total. The standard InChI is InChI=1S/C17H24N2O5/c1-4-21-14-7-6-13(15(10-14)22-5-2)12-18-19-16(20)11-17(3)23-8-9-24-17/h6-7,10,12H,4-5,8-9,11H2,1-3H3,(H,19,20)/b18-12-. The zero-order chi connectivity index (χ0) is 17.4. The molecule has 0 atom stereocenters. The summed E-state index contributed by atoms with van der Waals surface area (Å²) in [5.74, 6) is 0.232. The molecule has 1 heterocycles. The van der Waals surface area contributed by atoms with Crippen molar-refractivity contribution >= 4 is 12.1 Å². The molecule has 1 aliphatic rings. The van der Waals surface area contributed by atoms with Gasteiger partial charge in [0.25, 0.3) is 0 Å². The molecular weight excluding hydrogens is 312 g/mol. The number of hydrazone groups is 1. The van der Waals surface area contributed by atoms with E-state index < -0.39 is 5.79 Å². The zero-order valence-corrected chi connectivity index (χ0v) is 14.3. The number of carbonyl (C=O) groups excluding carboxylic acids is 1. The molecule has 1 amide bonds. The normalized spacial score (nSPS) is 16.3. The van der Waals surface area contributed by atoms with Crippen LogP contribution in [-0.4, -0.2) is 44.3 Å². The molecular formula is C17H24N2O5. The quantitative estimate of drug-likeness (QED) is 0.581. The van der Waals surface area contributed by atoms with Crippen LogP contribution >= 0.6 is 0 Å². The maximum Gasteiger partial charge on any atom is 0.245 e. The van der Waals surface area contributed by atoms with Gasteiger partial charge in [-0.15, -0.1) is 0 Å². The second-order valence-corrected chi connectivity index (χ2v) is 5.37. The Morgan fingerprint density at radius 1 is 1.29 bits per heavy atom. The number of ether oxygens (including phenoxy) is 4. The summed E-state index contributed by atoms with van der Waals surface area (Å²) < 4.78 is 21.8. The van der Waals surface area contributed by atoms with Crippen LogP contribution < -0.4 is 14.9 Å². The summed E-state index contributed by atoms with van der Waals surface area (Å²) >= 11 is 0. The summed E-state index contributed by atoms with van der Waals surface area (Å²) in [5.41, 5.74) is 3.23. The van der Waals surface area contributed by atoms with Crippen molar-refractivity contribution in [2.75, 3.05) is 26.4 Å². The maximum absolute atomic E-state index is 11.9. The van der Waals surface area contributed by atoms with Crippen LogP contribution in [0, 0.1) is 0 Å². The highest BCUT2D eigenvalue weighted by molar-refractivity contribution is 5.85. The van der Waals surface area contributed by atoms with E-state index in [-0.39, 0.29) is 12.3 Å². The molecule has 0 spiro atoms. The summed E-state index contributed by atoms with van der Waals surface area (Å²) in [6, 6.07) is 5.46. The lowest BCUT2D eigenvalue weighted by atomic mass is 10.2. The molecule has 1 saturated heterocycles. The van der Waals surface area contributed by atoms with Gasteiger partial charge in [-0.05, 0) is 32.9 Å². The molecule has 24 heavy (non-hydrogen) atoms. The van der Waals surface area contributed by atoms with Crippen molar-refractivity contribution in [2.45, 2.75) is 33.0 Å². The van der Waals surface area contributed by atoms with Gasteiger partial charge in [0.05, 0.1) is 39.1 Å². The fourth-order valence-corrected chi connectivity index (χ4v) is 2.32. The number of amides is 1. The molecule has 7 nitrogen and oxygen atoms in total. The van der Waals surface area contributed by atoms with Gasteiger partial charge in [0.1, 0.15) is 11.5 Å². The Kier molecular flexibility index (Phi) is 6.57. The molecule has 7 heteroatoms. The lowest BCUT2D eigenvalue weighted by Crippen LogP contribution is -2.33. The molecule has 0 aromatic heterocycles. The van der Waals surface area contributed by atoms with E-state index in [0.29, 0.717) is 32.2 Å². The fourth-order valence-electron chi connectivity index (χ4n) is 2.32. The van der Waals surface area contributed by atoms with Crippen LogP contribution in [0.4, 0.5) is 0 Å². The SMILES string of the molecule is CCOc1ccc(/C=N\NC(=O)CC2(C)OCCO2)c(OCC)c1. The minimum atomic E-state index is -0.866. The van der Waals surface area contributed by atoms with E-state index in [2.05, 4.69) is 10.5 Å². The molecule has 0 unspecified atom stereocenters. The smallest absolute Gasteiger partial charge is 0.245 e. The van der Waals surface area contributed by atoms with E-state index in [1.54, 1.807) is 13.0 Å². The van der Waals surface area contributed by atoms with Gasteiger partial charge in [-0.2, -0.15) is 5.10 Å². The number of carbonyl (C=O) groups is 1. The third-order valence-electron chi connectivity index (χ3n) is 3.37. The molecule has 0 bridgehead atoms. The topological polar surface area (TPSA) is 78.4 Å². The van der Waals surface area contributed by atoms with Gasteiger partial charge < -0.3 is 18.9 Å². The molecule has 132 valence electrons. The summed E-state index contributed by atoms with van der Waals surface area (Å²) in [6.45, 7) is 7.66. The van der Waals surface area contributed by atoms with Crippen LogP contribution in [0.25, 0.3) is 0 Å². The Labute approximate surface area is 141 Å². The molecule has 1 aromatic rings. The van der Waals surface area contributed by atoms with Gasteiger partial charge in [0.15, 0.2) is 5.79 Å². The average Bonchev–Trinajstić information content (AvgIpc) is 2.96. The Morgan fingerprint density at radius 3 is 2.67 bits per heavy atom. The Balaban J connectivity index is 1.96. The van der Waals surface area contributed by atoms with E-state index >= 15 is 0 Å². The largest absolute Gasteiger partial charge is 0.494 e. The third kappa shape index (κ3) is 5.21. The van der Waals surface area contributed by atoms with Gasteiger partial charge >= 0.3 is 0 Å². The number of benzene rings is 1. The zero-order valence-electron chi connectivity index (χ0n) is 14.3. The second kappa shape index (κ2) is 8.65. The minimum Gasteiger partial charge on any atom is -0.494 e. The minimum absolute atomic E-state index is 0.0892. The van der Waals surface area contributed by atoms with Crippen LogP contribution in [0.5, 0.6) is 11.5 Å². The van der Waals surface area contributed by atoms with Gasteiger partial charge in [0, 0.05) is 11.6 Å². The first kappa shape index (κ1) is 18.2. The van der Waals surface area contributed by atoms with Gasteiger partial charge in [0.2, 0.25) is 5.91 Å². The van der Waals surface area contributed by atoms with Crippen molar-refractivity contribution < 1.29 is 23.7 Å². The molecule has 1 aliphatic heterocycles. The Hall–Kier alpha value is -2.12. The van der Waals surface area contributed by atoms with E-state index in [1.807, 2.05) is 26.0 Å². The van der Waals surface area contributed by atoms with Gasteiger partial charge in [-0.25, -0.2) is 5.43 Å². The second-order valence-electron chi connectivity index (χ2n) is 5.37. The van der Waals surface area contributed by atoms with Crippen LogP contribution in [0.15, 0.2) is 23.3 Å². The monoisotopic (exact) mass is 336 g/mol. The lowest BCUT2D eigenvalue weighted by Gasteiger charge is -2.20. The van der Waals surface area contributed by atoms with Crippen molar-refractivity contribution in [3.8, 4) is 11.5 Å². The predicted molar refractivity (Wildman–Crippen MR) is 89.4 cm³/mol. The predicted octanol–water partition coefficient (Wildman–Crippen LogP) is 2.09. The van der Waals surface area contributed by atoms with E-state index in [9.17, 15) is 4.79 Å². The van der Waals surface area contributed by atoms with Gasteiger partial charge in [-0.3, -0.25) is 4.79 Å². The summed E-state index contributed by atoms with van der Waals surface area (Å²) in [7, 11) is 0. The summed E-state index contributed by atoms with van der Waals surface area (Å²) in [6.07, 6.45) is 1.63. The van der Waals surface area contributed by atoms with Crippen LogP contribution in [-0.2, 0) is 14.3 Å². The van der Waals surface area contributed by atoms with Crippen molar-refractivity contribution in [3.63, 3.8) is 0 Å². The first-order chi connectivity index (χ1) is 11.6. The van der Waals surface area contributed by atoms with Crippen LogP contribution in [0.3, 0.4) is 0 Å². The molecule has 0 aliphatic carbocycles. The van der Waals surface area contributed by atoms with Crippen molar-refractivity contribution in [3.05, 3.63) is 23.8 Å². The van der Waals surface area contributed by atoms with Crippen LogP contribution in [0.1, 0.15) is 32.8 Å². The van der Waals surface area contributed by atoms with Crippen molar-refractivity contribution in [2.24, 2.45) is 5.10 Å². The van der Waals surface area contributed by atoms with E-state index in [4.69, 9.17) is 18.9 Å². The molecule has 2 rings (SSSR count). The summed E-state index contributed by atoms with van der Waals surface area (Å²) in [4.78, 5) is 11.9. The number of nitrogens with one attached hydrogen (secondary N) is 1. The first-order valence-corrected chi connectivity index (χ1v) is 8.06. The lowest BCUT2D eigenvalue weighted by molar-refractivity contribution is -0.159. The molecule has 1 aromatic carbocycles.